The fourth-order valence-electron chi connectivity index (χ4n) is 3.32. The largest absolute Gasteiger partial charge is 0.312 e. The topological polar surface area (TPSA) is 141 Å². The summed E-state index contributed by atoms with van der Waals surface area (Å²) in [5.41, 5.74) is 0.988. The Balaban J connectivity index is 1.70. The smallest absolute Gasteiger partial charge is 0.279 e. The summed E-state index contributed by atoms with van der Waals surface area (Å²) in [4.78, 5) is 17.5. The number of nitrogens with two attached hydrogens (primary N) is 1. The van der Waals surface area contributed by atoms with E-state index in [0.717, 1.165) is 11.3 Å². The molecular formula is C23H19ClN4O5S3. The molecule has 3 aromatic carbocycles. The van der Waals surface area contributed by atoms with Crippen LogP contribution in [0.15, 0.2) is 94.2 Å². The molecule has 0 aliphatic rings. The Morgan fingerprint density at radius 2 is 1.75 bits per heavy atom. The molecule has 4 rings (SSSR count). The summed E-state index contributed by atoms with van der Waals surface area (Å²) in [6.45, 7) is 4.04. The second-order valence-corrected chi connectivity index (χ2v) is 12.2. The van der Waals surface area contributed by atoms with E-state index >= 15 is 0 Å². The van der Waals surface area contributed by atoms with Crippen LogP contribution in [0.3, 0.4) is 0 Å². The van der Waals surface area contributed by atoms with E-state index in [4.69, 9.17) is 16.7 Å². The minimum atomic E-state index is -3.90. The number of carbonyl (C=O) groups is 1. The molecule has 3 N–H and O–H groups in total. The van der Waals surface area contributed by atoms with Crippen molar-refractivity contribution in [3.8, 4) is 0 Å². The number of thiazole rings is 1. The molecule has 0 bridgehead atoms. The summed E-state index contributed by atoms with van der Waals surface area (Å²) < 4.78 is 53.5. The second-order valence-electron chi connectivity index (χ2n) is 7.52. The third-order valence-corrected chi connectivity index (χ3v) is 8.58. The Morgan fingerprint density at radius 1 is 1.06 bits per heavy atom. The lowest BCUT2D eigenvalue weighted by atomic mass is 10.2. The number of nitrogens with zero attached hydrogens (tertiary/aromatic N) is 2. The number of benzene rings is 3. The molecule has 13 heteroatoms. The highest BCUT2D eigenvalue weighted by molar-refractivity contribution is 7.92. The van der Waals surface area contributed by atoms with Gasteiger partial charge in [-0.05, 0) is 60.7 Å². The summed E-state index contributed by atoms with van der Waals surface area (Å²) in [5.74, 6) is -0.612. The number of primary sulfonamides is 1. The molecule has 9 nitrogen and oxygen atoms in total. The molecule has 186 valence electrons. The lowest BCUT2D eigenvalue weighted by Crippen LogP contribution is -2.16. The predicted molar refractivity (Wildman–Crippen MR) is 140 cm³/mol. The van der Waals surface area contributed by atoms with Crippen molar-refractivity contribution < 1.29 is 21.6 Å². The number of fused-ring (bicyclic) bond motifs is 1. The van der Waals surface area contributed by atoms with E-state index in [9.17, 15) is 21.6 Å². The van der Waals surface area contributed by atoms with E-state index in [-0.39, 0.29) is 21.0 Å². The highest BCUT2D eigenvalue weighted by Gasteiger charge is 2.16. The molecule has 0 fully saturated rings. The molecule has 0 saturated carbocycles. The molecule has 4 aromatic rings. The number of hydrogen-bond donors (Lipinski definition) is 2. The number of rotatable bonds is 7. The minimum absolute atomic E-state index is 0.0166. The van der Waals surface area contributed by atoms with Gasteiger partial charge in [0.2, 0.25) is 10.0 Å². The van der Waals surface area contributed by atoms with Crippen molar-refractivity contribution in [1.82, 2.24) is 4.57 Å². The standard InChI is InChI=1S/C23H19ClN4O5S3/c1-2-12-28-20-11-10-19(35(25,30)31)14-21(20)34-23(28)26-22(29)15-4-3-5-17(13-15)27-36(32,33)18-8-6-16(24)7-9-18/h2-11,13-14,27H,1,12H2,(H2,25,30,31). The van der Waals surface area contributed by atoms with E-state index in [1.54, 1.807) is 16.7 Å². The molecule has 0 radical (unpaired) electrons. The quantitative estimate of drug-likeness (QED) is 0.330. The second kappa shape index (κ2) is 9.99. The average molecular weight is 563 g/mol. The van der Waals surface area contributed by atoms with Crippen LogP contribution in [0.4, 0.5) is 5.69 Å². The molecule has 0 aliphatic carbocycles. The summed E-state index contributed by atoms with van der Waals surface area (Å²) in [5, 5.41) is 5.63. The number of hydrogen-bond acceptors (Lipinski definition) is 6. The molecule has 1 aromatic heterocycles. The van der Waals surface area contributed by atoms with E-state index in [1.807, 2.05) is 0 Å². The molecule has 0 aliphatic heterocycles. The summed E-state index contributed by atoms with van der Waals surface area (Å²) in [6, 6.07) is 16.0. The number of carbonyl (C=O) groups excluding carboxylic acids is 1. The van der Waals surface area contributed by atoms with Crippen molar-refractivity contribution in [2.75, 3.05) is 4.72 Å². The first-order valence-corrected chi connectivity index (χ1v) is 14.4. The van der Waals surface area contributed by atoms with Gasteiger partial charge in [0, 0.05) is 22.8 Å². The maximum absolute atomic E-state index is 13.0. The predicted octanol–water partition coefficient (Wildman–Crippen LogP) is 3.73. The van der Waals surface area contributed by atoms with Crippen LogP contribution in [-0.2, 0) is 26.6 Å². The average Bonchev–Trinajstić information content (AvgIpc) is 3.15. The first-order valence-electron chi connectivity index (χ1n) is 10.2. The number of nitrogens with one attached hydrogen (secondary N) is 1. The van der Waals surface area contributed by atoms with Crippen LogP contribution in [0.5, 0.6) is 0 Å². The number of allylic oxidation sites excluding steroid dienone is 1. The lowest BCUT2D eigenvalue weighted by molar-refractivity contribution is 0.0998. The van der Waals surface area contributed by atoms with Gasteiger partial charge in [-0.1, -0.05) is 35.1 Å². The Hall–Kier alpha value is -3.29. The van der Waals surface area contributed by atoms with Crippen molar-refractivity contribution in [3.63, 3.8) is 0 Å². The number of sulfonamides is 2. The molecule has 36 heavy (non-hydrogen) atoms. The maximum Gasteiger partial charge on any atom is 0.279 e. The van der Waals surface area contributed by atoms with Gasteiger partial charge in [0.05, 0.1) is 20.0 Å². The van der Waals surface area contributed by atoms with Gasteiger partial charge in [-0.2, -0.15) is 4.99 Å². The van der Waals surface area contributed by atoms with E-state index in [0.29, 0.717) is 26.6 Å². The van der Waals surface area contributed by atoms with Gasteiger partial charge in [-0.25, -0.2) is 22.0 Å². The van der Waals surface area contributed by atoms with Gasteiger partial charge in [0.15, 0.2) is 4.80 Å². The molecule has 0 spiro atoms. The number of aromatic nitrogens is 1. The van der Waals surface area contributed by atoms with Crippen LogP contribution in [-0.4, -0.2) is 27.3 Å². The normalized spacial score (nSPS) is 12.6. The Morgan fingerprint density at radius 3 is 2.42 bits per heavy atom. The van der Waals surface area contributed by atoms with Gasteiger partial charge in [0.1, 0.15) is 0 Å². The fraction of sp³-hybridized carbons (Fsp3) is 0.0435. The SMILES string of the molecule is C=CCn1c(=NC(=O)c2cccc(NS(=O)(=O)c3ccc(Cl)cc3)c2)sc2cc(S(N)(=O)=O)ccc21. The Bertz CT molecular complexity index is 1770. The van der Waals surface area contributed by atoms with Gasteiger partial charge < -0.3 is 4.57 Å². The highest BCUT2D eigenvalue weighted by Crippen LogP contribution is 2.22. The van der Waals surface area contributed by atoms with Crippen molar-refractivity contribution in [2.45, 2.75) is 16.3 Å². The minimum Gasteiger partial charge on any atom is -0.312 e. The molecule has 0 saturated heterocycles. The number of amides is 1. The highest BCUT2D eigenvalue weighted by atomic mass is 35.5. The molecule has 0 atom stereocenters. The summed E-state index contributed by atoms with van der Waals surface area (Å²) in [6.07, 6.45) is 1.62. The zero-order valence-corrected chi connectivity index (χ0v) is 21.7. The van der Waals surface area contributed by atoms with Crippen LogP contribution >= 0.6 is 22.9 Å². The van der Waals surface area contributed by atoms with E-state index in [1.165, 1.54) is 60.7 Å². The fourth-order valence-corrected chi connectivity index (χ4v) is 6.18. The van der Waals surface area contributed by atoms with Gasteiger partial charge >= 0.3 is 0 Å². The van der Waals surface area contributed by atoms with E-state index in [2.05, 4.69) is 16.3 Å². The van der Waals surface area contributed by atoms with Crippen LogP contribution in [0.2, 0.25) is 5.02 Å². The summed E-state index contributed by atoms with van der Waals surface area (Å²) >= 11 is 6.94. The van der Waals surface area contributed by atoms with Crippen molar-refractivity contribution >= 4 is 64.8 Å². The third kappa shape index (κ3) is 5.58. The Labute approximate surface area is 216 Å². The first kappa shape index (κ1) is 25.8. The van der Waals surface area contributed by atoms with Crippen molar-refractivity contribution in [3.05, 3.63) is 94.8 Å². The monoisotopic (exact) mass is 562 g/mol. The van der Waals surface area contributed by atoms with Gasteiger partial charge in [-0.3, -0.25) is 9.52 Å². The van der Waals surface area contributed by atoms with Gasteiger partial charge in [-0.15, -0.1) is 6.58 Å². The molecule has 1 heterocycles. The summed E-state index contributed by atoms with van der Waals surface area (Å²) in [7, 11) is -7.80. The van der Waals surface area contributed by atoms with E-state index < -0.39 is 26.0 Å². The van der Waals surface area contributed by atoms with Crippen LogP contribution in [0.1, 0.15) is 10.4 Å². The van der Waals surface area contributed by atoms with Crippen LogP contribution in [0, 0.1) is 0 Å². The Kier molecular flexibility index (Phi) is 7.16. The third-order valence-electron chi connectivity index (χ3n) is 4.98. The molecular weight excluding hydrogens is 544 g/mol. The lowest BCUT2D eigenvalue weighted by Gasteiger charge is -2.09. The van der Waals surface area contributed by atoms with Crippen LogP contribution < -0.4 is 14.7 Å². The maximum atomic E-state index is 13.0. The molecule has 0 unspecified atom stereocenters. The number of anilines is 1. The zero-order chi connectivity index (χ0) is 26.1. The molecule has 1 amide bonds. The van der Waals surface area contributed by atoms with Crippen molar-refractivity contribution in [2.24, 2.45) is 10.1 Å². The van der Waals surface area contributed by atoms with Crippen LogP contribution in [0.25, 0.3) is 10.2 Å². The zero-order valence-electron chi connectivity index (χ0n) is 18.5. The van der Waals surface area contributed by atoms with Crippen molar-refractivity contribution in [1.29, 1.82) is 0 Å². The van der Waals surface area contributed by atoms with Gasteiger partial charge in [0.25, 0.3) is 15.9 Å². The number of halogens is 1. The first-order chi connectivity index (χ1) is 17.0.